The summed E-state index contributed by atoms with van der Waals surface area (Å²) in [6.07, 6.45) is 4.42. The summed E-state index contributed by atoms with van der Waals surface area (Å²) >= 11 is 1.33. The first-order valence-corrected chi connectivity index (χ1v) is 12.4. The molecule has 0 aliphatic heterocycles. The van der Waals surface area contributed by atoms with Crippen molar-refractivity contribution in [3.63, 3.8) is 0 Å². The van der Waals surface area contributed by atoms with Gasteiger partial charge in [-0.2, -0.15) is 5.26 Å². The zero-order chi connectivity index (χ0) is 24.1. The quantitative estimate of drug-likeness (QED) is 0.479. The second-order valence-corrected chi connectivity index (χ2v) is 9.99. The number of nitrogens with zero attached hydrogens (tertiary/aromatic N) is 4. The molecule has 0 bridgehead atoms. The van der Waals surface area contributed by atoms with E-state index in [1.165, 1.54) is 11.8 Å². The van der Waals surface area contributed by atoms with Crippen LogP contribution in [-0.4, -0.2) is 38.6 Å². The number of aromatic nitrogens is 3. The van der Waals surface area contributed by atoms with Gasteiger partial charge in [-0.1, -0.05) is 60.9 Å². The lowest BCUT2D eigenvalue weighted by atomic mass is 9.83. The summed E-state index contributed by atoms with van der Waals surface area (Å²) < 4.78 is 7.51. The summed E-state index contributed by atoms with van der Waals surface area (Å²) in [7, 11) is 1.63. The highest BCUT2D eigenvalue weighted by atomic mass is 32.2. The third-order valence-corrected chi connectivity index (χ3v) is 7.25. The molecule has 34 heavy (non-hydrogen) atoms. The molecule has 1 aliphatic carbocycles. The van der Waals surface area contributed by atoms with Crippen molar-refractivity contribution in [3.8, 4) is 28.9 Å². The van der Waals surface area contributed by atoms with Gasteiger partial charge < -0.3 is 10.1 Å². The van der Waals surface area contributed by atoms with Gasteiger partial charge in [-0.05, 0) is 51.0 Å². The molecule has 1 heterocycles. The van der Waals surface area contributed by atoms with Crippen molar-refractivity contribution >= 4 is 17.7 Å². The number of aryl methyl sites for hydroxylation is 1. The molecule has 0 saturated heterocycles. The van der Waals surface area contributed by atoms with E-state index in [1.807, 2.05) is 66.9 Å². The zero-order valence-corrected chi connectivity index (χ0v) is 20.6. The average Bonchev–Trinajstić information content (AvgIpc) is 3.28. The maximum Gasteiger partial charge on any atom is 0.234 e. The lowest BCUT2D eigenvalue weighted by Crippen LogP contribution is -2.50. The molecule has 4 rings (SSSR count). The third kappa shape index (κ3) is 4.95. The molecule has 1 aliphatic rings. The molecule has 176 valence electrons. The van der Waals surface area contributed by atoms with Gasteiger partial charge in [0.1, 0.15) is 11.3 Å². The number of thioether (sulfide) groups is 1. The maximum atomic E-state index is 13.1. The van der Waals surface area contributed by atoms with E-state index in [0.29, 0.717) is 29.6 Å². The molecule has 1 aromatic heterocycles. The fourth-order valence-electron chi connectivity index (χ4n) is 4.25. The molecule has 8 heteroatoms. The third-order valence-electron chi connectivity index (χ3n) is 6.21. The van der Waals surface area contributed by atoms with Gasteiger partial charge in [0, 0.05) is 5.69 Å². The van der Waals surface area contributed by atoms with E-state index < -0.39 is 10.8 Å². The Morgan fingerprint density at radius 2 is 1.85 bits per heavy atom. The summed E-state index contributed by atoms with van der Waals surface area (Å²) in [5.41, 5.74) is 2.09. The number of methoxy groups -OCH3 is 1. The van der Waals surface area contributed by atoms with Gasteiger partial charge in [0.2, 0.25) is 5.91 Å². The monoisotopic (exact) mass is 475 g/mol. The summed E-state index contributed by atoms with van der Waals surface area (Å²) in [6.45, 7) is 3.88. The topological polar surface area (TPSA) is 92.8 Å². The fraction of sp³-hybridized carbons (Fsp3) is 0.385. The molecular weight excluding hydrogens is 446 g/mol. The SMILES string of the molecule is COc1ccccc1-c1nnc(SC(C)C(=O)NC2(C#N)CCCCC2)n1-c1ccc(C)cc1. The number of hydrogen-bond acceptors (Lipinski definition) is 6. The Morgan fingerprint density at radius 1 is 1.15 bits per heavy atom. The zero-order valence-electron chi connectivity index (χ0n) is 19.7. The number of amides is 1. The molecule has 0 radical (unpaired) electrons. The van der Waals surface area contributed by atoms with Crippen LogP contribution in [0.25, 0.3) is 17.1 Å². The van der Waals surface area contributed by atoms with Crippen LogP contribution in [0, 0.1) is 18.3 Å². The molecule has 7 nitrogen and oxygen atoms in total. The van der Waals surface area contributed by atoms with Crippen LogP contribution < -0.4 is 10.1 Å². The number of benzene rings is 2. The summed E-state index contributed by atoms with van der Waals surface area (Å²) in [5, 5.41) is 21.8. The Bertz CT molecular complexity index is 1190. The van der Waals surface area contributed by atoms with E-state index in [1.54, 1.807) is 7.11 Å². The number of para-hydroxylation sites is 1. The first kappa shape index (κ1) is 23.8. The minimum Gasteiger partial charge on any atom is -0.496 e. The second kappa shape index (κ2) is 10.3. The molecule has 1 unspecified atom stereocenters. The number of nitrogens with one attached hydrogen (secondary N) is 1. The molecule has 0 spiro atoms. The normalized spacial score (nSPS) is 15.8. The Hall–Kier alpha value is -3.31. The second-order valence-electron chi connectivity index (χ2n) is 8.68. The van der Waals surface area contributed by atoms with Crippen molar-refractivity contribution in [2.45, 2.75) is 61.9 Å². The van der Waals surface area contributed by atoms with E-state index in [-0.39, 0.29) is 5.91 Å². The van der Waals surface area contributed by atoms with Gasteiger partial charge in [0.25, 0.3) is 0 Å². The lowest BCUT2D eigenvalue weighted by Gasteiger charge is -2.32. The fourth-order valence-corrected chi connectivity index (χ4v) is 5.11. The predicted molar refractivity (Wildman–Crippen MR) is 133 cm³/mol. The van der Waals surface area contributed by atoms with Crippen molar-refractivity contribution in [3.05, 3.63) is 54.1 Å². The van der Waals surface area contributed by atoms with Crippen LogP contribution in [0.1, 0.15) is 44.6 Å². The number of hydrogen-bond donors (Lipinski definition) is 1. The van der Waals surface area contributed by atoms with Gasteiger partial charge in [-0.15, -0.1) is 10.2 Å². The number of rotatable bonds is 7. The Kier molecular flexibility index (Phi) is 7.23. The Labute approximate surface area is 204 Å². The van der Waals surface area contributed by atoms with Crippen molar-refractivity contribution in [2.24, 2.45) is 0 Å². The molecule has 1 amide bonds. The first-order valence-electron chi connectivity index (χ1n) is 11.5. The van der Waals surface area contributed by atoms with E-state index in [0.717, 1.165) is 36.1 Å². The number of nitriles is 1. The van der Waals surface area contributed by atoms with E-state index in [9.17, 15) is 10.1 Å². The Balaban J connectivity index is 1.66. The highest BCUT2D eigenvalue weighted by molar-refractivity contribution is 8.00. The lowest BCUT2D eigenvalue weighted by molar-refractivity contribution is -0.121. The molecular formula is C26H29N5O2S. The summed E-state index contributed by atoms with van der Waals surface area (Å²) in [5.74, 6) is 1.17. The number of carbonyl (C=O) groups excluding carboxylic acids is 1. The van der Waals surface area contributed by atoms with Crippen molar-refractivity contribution in [1.82, 2.24) is 20.1 Å². The Morgan fingerprint density at radius 3 is 2.53 bits per heavy atom. The van der Waals surface area contributed by atoms with Crippen LogP contribution >= 0.6 is 11.8 Å². The first-order chi connectivity index (χ1) is 16.5. The van der Waals surface area contributed by atoms with E-state index in [2.05, 4.69) is 21.6 Å². The van der Waals surface area contributed by atoms with E-state index in [4.69, 9.17) is 4.74 Å². The number of carbonyl (C=O) groups is 1. The molecule has 1 fully saturated rings. The minimum absolute atomic E-state index is 0.161. The van der Waals surface area contributed by atoms with Crippen molar-refractivity contribution < 1.29 is 9.53 Å². The van der Waals surface area contributed by atoms with Crippen LogP contribution in [0.4, 0.5) is 0 Å². The number of ether oxygens (including phenoxy) is 1. The molecule has 1 atom stereocenters. The largest absolute Gasteiger partial charge is 0.496 e. The summed E-state index contributed by atoms with van der Waals surface area (Å²) in [4.78, 5) is 13.1. The van der Waals surface area contributed by atoms with Gasteiger partial charge in [0.05, 0.1) is 24.0 Å². The van der Waals surface area contributed by atoms with Crippen LogP contribution in [0.5, 0.6) is 5.75 Å². The van der Waals surface area contributed by atoms with E-state index >= 15 is 0 Å². The molecule has 3 aromatic rings. The molecule has 1 saturated carbocycles. The van der Waals surface area contributed by atoms with Gasteiger partial charge >= 0.3 is 0 Å². The van der Waals surface area contributed by atoms with Crippen LogP contribution in [0.2, 0.25) is 0 Å². The highest BCUT2D eigenvalue weighted by Gasteiger charge is 2.35. The van der Waals surface area contributed by atoms with Gasteiger partial charge in [-0.3, -0.25) is 9.36 Å². The standard InChI is InChI=1S/C26H29N5O2S/c1-18-11-13-20(14-12-18)31-23(21-9-5-6-10-22(21)33-3)29-30-25(31)34-19(2)24(32)28-26(17-27)15-7-4-8-16-26/h5-6,9-14,19H,4,7-8,15-16H2,1-3H3,(H,28,32). The van der Waals surface area contributed by atoms with Crippen molar-refractivity contribution in [2.75, 3.05) is 7.11 Å². The smallest absolute Gasteiger partial charge is 0.234 e. The average molecular weight is 476 g/mol. The van der Waals surface area contributed by atoms with Crippen LogP contribution in [0.15, 0.2) is 53.7 Å². The van der Waals surface area contributed by atoms with Crippen molar-refractivity contribution in [1.29, 1.82) is 5.26 Å². The molecule has 2 aromatic carbocycles. The highest BCUT2D eigenvalue weighted by Crippen LogP contribution is 2.35. The van der Waals surface area contributed by atoms with Crippen LogP contribution in [-0.2, 0) is 4.79 Å². The molecule has 1 N–H and O–H groups in total. The summed E-state index contributed by atoms with van der Waals surface area (Å²) in [6, 6.07) is 18.1. The van der Waals surface area contributed by atoms with Crippen LogP contribution in [0.3, 0.4) is 0 Å². The van der Waals surface area contributed by atoms with Gasteiger partial charge in [-0.25, -0.2) is 0 Å². The minimum atomic E-state index is -0.767. The maximum absolute atomic E-state index is 13.1. The predicted octanol–water partition coefficient (Wildman–Crippen LogP) is 5.07. The van der Waals surface area contributed by atoms with Gasteiger partial charge in [0.15, 0.2) is 11.0 Å².